The summed E-state index contributed by atoms with van der Waals surface area (Å²) in [4.78, 5) is 0.966. The number of hydrogen-bond donors (Lipinski definition) is 2. The van der Waals surface area contributed by atoms with E-state index in [0.29, 0.717) is 18.8 Å². The Kier molecular flexibility index (Phi) is 2.68. The second kappa shape index (κ2) is 4.34. The zero-order chi connectivity index (χ0) is 12.5. The van der Waals surface area contributed by atoms with Crippen molar-refractivity contribution in [3.05, 3.63) is 29.1 Å². The molecular formula is C13H11NO3S. The molecule has 2 N–H and O–H groups in total. The molecule has 0 aliphatic carbocycles. The predicted octanol–water partition coefficient (Wildman–Crippen LogP) is 2.89. The van der Waals surface area contributed by atoms with Crippen LogP contribution in [-0.4, -0.2) is 24.5 Å². The Morgan fingerprint density at radius 1 is 1.28 bits per heavy atom. The molecule has 2 aromatic rings. The Morgan fingerprint density at radius 3 is 2.94 bits per heavy atom. The fourth-order valence-electron chi connectivity index (χ4n) is 1.87. The SMILES string of the molecule is N=Cc1cc(-c2scc3c2OCCO3)ccc1O. The Labute approximate surface area is 108 Å². The number of rotatable bonds is 2. The summed E-state index contributed by atoms with van der Waals surface area (Å²) in [6, 6.07) is 5.17. The van der Waals surface area contributed by atoms with Gasteiger partial charge in [-0.3, -0.25) is 0 Å². The van der Waals surface area contributed by atoms with Crippen molar-refractivity contribution in [2.45, 2.75) is 0 Å². The van der Waals surface area contributed by atoms with Crippen molar-refractivity contribution < 1.29 is 14.6 Å². The molecule has 0 spiro atoms. The standard InChI is InChI=1S/C13H11NO3S/c14-6-9-5-8(1-2-10(9)15)13-12-11(7-18-13)16-3-4-17-12/h1-2,5-7,14-15H,3-4H2. The van der Waals surface area contributed by atoms with E-state index >= 15 is 0 Å². The summed E-state index contributed by atoms with van der Waals surface area (Å²) in [5.74, 6) is 1.63. The average molecular weight is 261 g/mol. The summed E-state index contributed by atoms with van der Waals surface area (Å²) >= 11 is 1.54. The third kappa shape index (κ3) is 1.73. The highest BCUT2D eigenvalue weighted by atomic mass is 32.1. The normalized spacial score (nSPS) is 13.3. The van der Waals surface area contributed by atoms with E-state index in [1.165, 1.54) is 11.3 Å². The van der Waals surface area contributed by atoms with Crippen LogP contribution in [0.4, 0.5) is 0 Å². The smallest absolute Gasteiger partial charge is 0.179 e. The van der Waals surface area contributed by atoms with Crippen molar-refractivity contribution in [3.63, 3.8) is 0 Å². The summed E-state index contributed by atoms with van der Waals surface area (Å²) in [5.41, 5.74) is 1.41. The lowest BCUT2D eigenvalue weighted by molar-refractivity contribution is 0.174. The van der Waals surface area contributed by atoms with Crippen molar-refractivity contribution in [1.29, 1.82) is 5.41 Å². The van der Waals surface area contributed by atoms with Gasteiger partial charge < -0.3 is 20.0 Å². The number of phenols is 1. The van der Waals surface area contributed by atoms with Crippen LogP contribution in [0, 0.1) is 5.41 Å². The number of hydrogen-bond acceptors (Lipinski definition) is 5. The number of thiophene rings is 1. The largest absolute Gasteiger partial charge is 0.507 e. The highest BCUT2D eigenvalue weighted by molar-refractivity contribution is 7.14. The number of fused-ring (bicyclic) bond motifs is 1. The van der Waals surface area contributed by atoms with Gasteiger partial charge in [-0.25, -0.2) is 0 Å². The first kappa shape index (κ1) is 11.1. The zero-order valence-corrected chi connectivity index (χ0v) is 10.3. The van der Waals surface area contributed by atoms with Crippen LogP contribution in [0.25, 0.3) is 10.4 Å². The zero-order valence-electron chi connectivity index (χ0n) is 9.47. The van der Waals surface area contributed by atoms with Crippen LogP contribution in [0.5, 0.6) is 17.2 Å². The van der Waals surface area contributed by atoms with Crippen molar-refractivity contribution in [2.24, 2.45) is 0 Å². The van der Waals surface area contributed by atoms with Crippen LogP contribution < -0.4 is 9.47 Å². The van der Waals surface area contributed by atoms with Gasteiger partial charge >= 0.3 is 0 Å². The summed E-state index contributed by atoms with van der Waals surface area (Å²) in [7, 11) is 0. The maximum absolute atomic E-state index is 9.57. The number of benzene rings is 1. The summed E-state index contributed by atoms with van der Waals surface area (Å²) in [5, 5.41) is 18.7. The first-order chi connectivity index (χ1) is 8.79. The topological polar surface area (TPSA) is 62.5 Å². The lowest BCUT2D eigenvalue weighted by Crippen LogP contribution is -2.14. The minimum atomic E-state index is 0.108. The van der Waals surface area contributed by atoms with Gasteiger partial charge in [0.05, 0.1) is 4.88 Å². The van der Waals surface area contributed by atoms with E-state index in [4.69, 9.17) is 14.9 Å². The van der Waals surface area contributed by atoms with Gasteiger partial charge in [0.1, 0.15) is 19.0 Å². The molecule has 5 heteroatoms. The average Bonchev–Trinajstić information content (AvgIpc) is 2.83. The first-order valence-corrected chi connectivity index (χ1v) is 6.38. The summed E-state index contributed by atoms with van der Waals surface area (Å²) < 4.78 is 11.1. The molecule has 0 bridgehead atoms. The number of nitrogens with one attached hydrogen (secondary N) is 1. The van der Waals surface area contributed by atoms with E-state index in [0.717, 1.165) is 28.2 Å². The van der Waals surface area contributed by atoms with Crippen molar-refractivity contribution >= 4 is 17.6 Å². The highest BCUT2D eigenvalue weighted by Gasteiger charge is 2.20. The summed E-state index contributed by atoms with van der Waals surface area (Å²) in [6.45, 7) is 1.12. The van der Waals surface area contributed by atoms with Gasteiger partial charge in [-0.05, 0) is 23.8 Å². The Bertz CT molecular complexity index is 606. The van der Waals surface area contributed by atoms with Gasteiger partial charge in [-0.1, -0.05) is 0 Å². The quantitative estimate of drug-likeness (QED) is 0.817. The van der Waals surface area contributed by atoms with Crippen molar-refractivity contribution in [3.8, 4) is 27.7 Å². The number of phenolic OH excluding ortho intramolecular Hbond substituents is 1. The van der Waals surface area contributed by atoms with Crippen LogP contribution in [0.3, 0.4) is 0 Å². The monoisotopic (exact) mass is 261 g/mol. The van der Waals surface area contributed by atoms with E-state index in [1.807, 2.05) is 11.4 Å². The van der Waals surface area contributed by atoms with Crippen LogP contribution in [-0.2, 0) is 0 Å². The van der Waals surface area contributed by atoms with Gasteiger partial charge in [-0.15, -0.1) is 11.3 Å². The minimum Gasteiger partial charge on any atom is -0.507 e. The van der Waals surface area contributed by atoms with Crippen LogP contribution >= 0.6 is 11.3 Å². The molecule has 2 heterocycles. The Morgan fingerprint density at radius 2 is 2.11 bits per heavy atom. The van der Waals surface area contributed by atoms with E-state index in [-0.39, 0.29) is 5.75 Å². The van der Waals surface area contributed by atoms with E-state index in [2.05, 4.69) is 0 Å². The van der Waals surface area contributed by atoms with Crippen LogP contribution in [0.15, 0.2) is 23.6 Å². The van der Waals surface area contributed by atoms with Crippen molar-refractivity contribution in [2.75, 3.05) is 13.2 Å². The molecule has 1 aromatic heterocycles. The lowest BCUT2D eigenvalue weighted by Gasteiger charge is -2.16. The summed E-state index contributed by atoms with van der Waals surface area (Å²) in [6.07, 6.45) is 1.14. The molecule has 92 valence electrons. The van der Waals surface area contributed by atoms with Gasteiger partial charge in [0, 0.05) is 17.2 Å². The molecule has 1 aromatic carbocycles. The second-order valence-electron chi connectivity index (χ2n) is 3.87. The van der Waals surface area contributed by atoms with E-state index in [9.17, 15) is 5.11 Å². The maximum atomic E-state index is 9.57. The molecule has 4 nitrogen and oxygen atoms in total. The van der Waals surface area contributed by atoms with Crippen molar-refractivity contribution in [1.82, 2.24) is 0 Å². The third-order valence-corrected chi connectivity index (χ3v) is 3.74. The van der Waals surface area contributed by atoms with Gasteiger partial charge in [0.25, 0.3) is 0 Å². The molecule has 0 saturated carbocycles. The maximum Gasteiger partial charge on any atom is 0.179 e. The number of aromatic hydroxyl groups is 1. The molecule has 18 heavy (non-hydrogen) atoms. The Hall–Kier alpha value is -2.01. The van der Waals surface area contributed by atoms with Gasteiger partial charge in [0.2, 0.25) is 0 Å². The van der Waals surface area contributed by atoms with Crippen LogP contribution in [0.2, 0.25) is 0 Å². The van der Waals surface area contributed by atoms with Gasteiger partial charge in [-0.2, -0.15) is 0 Å². The first-order valence-electron chi connectivity index (χ1n) is 5.50. The molecule has 3 rings (SSSR count). The van der Waals surface area contributed by atoms with Crippen LogP contribution in [0.1, 0.15) is 5.56 Å². The molecule has 0 atom stereocenters. The fourth-order valence-corrected chi connectivity index (χ4v) is 2.80. The molecule has 0 saturated heterocycles. The lowest BCUT2D eigenvalue weighted by atomic mass is 10.1. The van der Waals surface area contributed by atoms with E-state index < -0.39 is 0 Å². The highest BCUT2D eigenvalue weighted by Crippen LogP contribution is 2.45. The molecule has 0 radical (unpaired) electrons. The molecule has 0 amide bonds. The molecular weight excluding hydrogens is 250 g/mol. The second-order valence-corrected chi connectivity index (χ2v) is 4.75. The number of ether oxygens (including phenoxy) is 2. The van der Waals surface area contributed by atoms with E-state index in [1.54, 1.807) is 12.1 Å². The molecule has 0 fully saturated rings. The predicted molar refractivity (Wildman–Crippen MR) is 70.3 cm³/mol. The third-order valence-electron chi connectivity index (χ3n) is 2.75. The Balaban J connectivity index is 2.09. The minimum absolute atomic E-state index is 0.108. The molecule has 0 unspecified atom stereocenters. The molecule has 1 aliphatic heterocycles. The molecule has 1 aliphatic rings. The fraction of sp³-hybridized carbons (Fsp3) is 0.154. The van der Waals surface area contributed by atoms with Gasteiger partial charge in [0.15, 0.2) is 11.5 Å².